The molecule has 0 saturated carbocycles. The Morgan fingerprint density at radius 1 is 1.15 bits per heavy atom. The summed E-state index contributed by atoms with van der Waals surface area (Å²) in [4.78, 5) is 12.4. The van der Waals surface area contributed by atoms with E-state index in [0.717, 1.165) is 12.8 Å². The van der Waals surface area contributed by atoms with Gasteiger partial charge in [0.25, 0.3) is 0 Å². The fraction of sp³-hybridized carbons (Fsp3) is 0.300. The first-order valence-corrected chi connectivity index (χ1v) is 10.2. The average Bonchev–Trinajstić information content (AvgIpc) is 2.68. The van der Waals surface area contributed by atoms with Crippen LogP contribution >= 0.6 is 0 Å². The van der Waals surface area contributed by atoms with Crippen molar-refractivity contribution < 1.29 is 17.9 Å². The third-order valence-electron chi connectivity index (χ3n) is 4.64. The largest absolute Gasteiger partial charge is 0.423 e. The van der Waals surface area contributed by atoms with Crippen LogP contribution in [0.5, 0.6) is 5.75 Å². The second-order valence-electron chi connectivity index (χ2n) is 6.64. The molecule has 1 aliphatic rings. The predicted molar refractivity (Wildman–Crippen MR) is 99.7 cm³/mol. The maximum Gasteiger partial charge on any atom is 0.343 e. The molecule has 0 radical (unpaired) electrons. The van der Waals surface area contributed by atoms with Gasteiger partial charge in [0.05, 0.1) is 22.1 Å². The van der Waals surface area contributed by atoms with E-state index in [9.17, 15) is 13.2 Å². The molecule has 0 atom stereocenters. The third kappa shape index (κ3) is 4.35. The highest BCUT2D eigenvalue weighted by molar-refractivity contribution is 7.89. The number of ether oxygens (including phenoxy) is 1. The molecule has 6 nitrogen and oxygen atoms in total. The summed E-state index contributed by atoms with van der Waals surface area (Å²) >= 11 is 0. The van der Waals surface area contributed by atoms with Crippen molar-refractivity contribution in [3.63, 3.8) is 0 Å². The molecule has 0 unspecified atom stereocenters. The highest BCUT2D eigenvalue weighted by atomic mass is 32.2. The van der Waals surface area contributed by atoms with E-state index in [2.05, 4.69) is 6.92 Å². The van der Waals surface area contributed by atoms with Gasteiger partial charge in [-0.1, -0.05) is 13.0 Å². The summed E-state index contributed by atoms with van der Waals surface area (Å²) in [5.74, 6) is 0.187. The minimum atomic E-state index is -3.55. The molecule has 1 saturated heterocycles. The number of rotatable bonds is 4. The van der Waals surface area contributed by atoms with Gasteiger partial charge in [-0.15, -0.1) is 0 Å². The molecule has 1 aliphatic heterocycles. The monoisotopic (exact) mass is 384 g/mol. The molecular formula is C20H20N2O4S. The lowest BCUT2D eigenvalue weighted by molar-refractivity contribution is 0.0734. The first-order valence-electron chi connectivity index (χ1n) is 8.73. The van der Waals surface area contributed by atoms with E-state index in [1.807, 2.05) is 6.07 Å². The Balaban J connectivity index is 1.72. The summed E-state index contributed by atoms with van der Waals surface area (Å²) in [5.41, 5.74) is 0.626. The van der Waals surface area contributed by atoms with Crippen LogP contribution in [-0.2, 0) is 10.0 Å². The number of esters is 1. The summed E-state index contributed by atoms with van der Waals surface area (Å²) in [5, 5.41) is 8.89. The molecule has 0 spiro atoms. The molecule has 0 aliphatic carbocycles. The van der Waals surface area contributed by atoms with Gasteiger partial charge < -0.3 is 4.74 Å². The van der Waals surface area contributed by atoms with Gasteiger partial charge in [0.15, 0.2) is 0 Å². The number of carbonyl (C=O) groups is 1. The van der Waals surface area contributed by atoms with Crippen LogP contribution < -0.4 is 4.74 Å². The number of benzene rings is 2. The van der Waals surface area contributed by atoms with Gasteiger partial charge in [0, 0.05) is 13.1 Å². The van der Waals surface area contributed by atoms with Crippen molar-refractivity contribution in [1.29, 1.82) is 5.26 Å². The number of hydrogen-bond acceptors (Lipinski definition) is 5. The SMILES string of the molecule is CC1CCN(S(=O)(=O)c2ccc(C(=O)Oc3cccc(C#N)c3)cc2)CC1. The number of carbonyl (C=O) groups excluding carboxylic acids is 1. The molecule has 0 aromatic heterocycles. The Kier molecular flexibility index (Phi) is 5.59. The fourth-order valence-electron chi connectivity index (χ4n) is 2.93. The standard InChI is InChI=1S/C20H20N2O4S/c1-15-9-11-22(12-10-15)27(24,25)19-7-5-17(6-8-19)20(23)26-18-4-2-3-16(13-18)14-21/h2-8,13,15H,9-12H2,1H3. The normalized spacial score (nSPS) is 15.9. The van der Waals surface area contributed by atoms with E-state index in [0.29, 0.717) is 24.6 Å². The van der Waals surface area contributed by atoms with Gasteiger partial charge in [-0.2, -0.15) is 9.57 Å². The summed E-state index contributed by atoms with van der Waals surface area (Å²) in [7, 11) is -3.55. The fourth-order valence-corrected chi connectivity index (χ4v) is 4.40. The van der Waals surface area contributed by atoms with Crippen molar-refractivity contribution in [2.24, 2.45) is 5.92 Å². The van der Waals surface area contributed by atoms with Crippen LogP contribution in [0.4, 0.5) is 0 Å². The lowest BCUT2D eigenvalue weighted by Crippen LogP contribution is -2.37. The van der Waals surface area contributed by atoms with E-state index in [1.165, 1.54) is 34.6 Å². The number of nitriles is 1. The molecule has 0 N–H and O–H groups in total. The minimum absolute atomic E-state index is 0.167. The molecule has 1 heterocycles. The van der Waals surface area contributed by atoms with Crippen LogP contribution in [0.25, 0.3) is 0 Å². The lowest BCUT2D eigenvalue weighted by atomic mass is 10.0. The van der Waals surface area contributed by atoms with Gasteiger partial charge in [-0.3, -0.25) is 0 Å². The summed E-state index contributed by atoms with van der Waals surface area (Å²) in [6.07, 6.45) is 1.71. The number of nitrogens with zero attached hydrogens (tertiary/aromatic N) is 2. The van der Waals surface area contributed by atoms with E-state index >= 15 is 0 Å². The first-order chi connectivity index (χ1) is 12.9. The van der Waals surface area contributed by atoms with Crippen LogP contribution in [0.2, 0.25) is 0 Å². The van der Waals surface area contributed by atoms with Crippen molar-refractivity contribution >= 4 is 16.0 Å². The maximum absolute atomic E-state index is 12.7. The Bertz CT molecular complexity index is 970. The Labute approximate surface area is 159 Å². The van der Waals surface area contributed by atoms with E-state index in [4.69, 9.17) is 10.00 Å². The highest BCUT2D eigenvalue weighted by Crippen LogP contribution is 2.24. The number of sulfonamides is 1. The third-order valence-corrected chi connectivity index (χ3v) is 6.56. The number of hydrogen-bond donors (Lipinski definition) is 0. The minimum Gasteiger partial charge on any atom is -0.423 e. The second kappa shape index (κ2) is 7.91. The molecule has 0 bridgehead atoms. The molecule has 140 valence electrons. The molecule has 7 heteroatoms. The molecule has 27 heavy (non-hydrogen) atoms. The predicted octanol–water partition coefficient (Wildman–Crippen LogP) is 3.20. The van der Waals surface area contributed by atoms with Gasteiger partial charge in [-0.25, -0.2) is 13.2 Å². The van der Waals surface area contributed by atoms with Crippen molar-refractivity contribution in [3.05, 3.63) is 59.7 Å². The first kappa shape index (κ1) is 19.1. The number of piperidine rings is 1. The zero-order chi connectivity index (χ0) is 19.4. The van der Waals surface area contributed by atoms with E-state index in [1.54, 1.807) is 18.2 Å². The van der Waals surface area contributed by atoms with Gasteiger partial charge in [0.2, 0.25) is 10.0 Å². The van der Waals surface area contributed by atoms with Crippen LogP contribution in [0.3, 0.4) is 0 Å². The lowest BCUT2D eigenvalue weighted by Gasteiger charge is -2.29. The summed E-state index contributed by atoms with van der Waals surface area (Å²) in [6, 6.07) is 14.0. The average molecular weight is 384 g/mol. The summed E-state index contributed by atoms with van der Waals surface area (Å²) < 4.78 is 32.2. The quantitative estimate of drug-likeness (QED) is 0.597. The van der Waals surface area contributed by atoms with Crippen LogP contribution in [0.15, 0.2) is 53.4 Å². The van der Waals surface area contributed by atoms with Crippen molar-refractivity contribution in [3.8, 4) is 11.8 Å². The van der Waals surface area contributed by atoms with Gasteiger partial charge in [0.1, 0.15) is 5.75 Å². The molecule has 1 fully saturated rings. The zero-order valence-corrected chi connectivity index (χ0v) is 15.8. The maximum atomic E-state index is 12.7. The van der Waals surface area contributed by atoms with Crippen LogP contribution in [-0.4, -0.2) is 31.8 Å². The Morgan fingerprint density at radius 2 is 1.81 bits per heavy atom. The van der Waals surface area contributed by atoms with Crippen LogP contribution in [0, 0.1) is 17.2 Å². The van der Waals surface area contributed by atoms with Crippen molar-refractivity contribution in [2.75, 3.05) is 13.1 Å². The smallest absolute Gasteiger partial charge is 0.343 e. The van der Waals surface area contributed by atoms with Gasteiger partial charge >= 0.3 is 5.97 Å². The van der Waals surface area contributed by atoms with Crippen LogP contribution in [0.1, 0.15) is 35.7 Å². The zero-order valence-electron chi connectivity index (χ0n) is 15.0. The summed E-state index contributed by atoms with van der Waals surface area (Å²) in [6.45, 7) is 3.15. The van der Waals surface area contributed by atoms with Crippen molar-refractivity contribution in [2.45, 2.75) is 24.7 Å². The Morgan fingerprint density at radius 3 is 2.44 bits per heavy atom. The van der Waals surface area contributed by atoms with E-state index < -0.39 is 16.0 Å². The molecule has 2 aromatic carbocycles. The molecule has 3 rings (SSSR count). The second-order valence-corrected chi connectivity index (χ2v) is 8.58. The topological polar surface area (TPSA) is 87.5 Å². The van der Waals surface area contributed by atoms with Gasteiger partial charge in [-0.05, 0) is 61.2 Å². The molecule has 0 amide bonds. The molecule has 2 aromatic rings. The Hall–Kier alpha value is -2.69. The van der Waals surface area contributed by atoms with E-state index in [-0.39, 0.29) is 16.2 Å². The highest BCUT2D eigenvalue weighted by Gasteiger charge is 2.28. The van der Waals surface area contributed by atoms with Crippen molar-refractivity contribution in [1.82, 2.24) is 4.31 Å². The molecular weight excluding hydrogens is 364 g/mol.